The Morgan fingerprint density at radius 1 is 0.846 bits per heavy atom. The van der Waals surface area contributed by atoms with Gasteiger partial charge in [-0.3, -0.25) is 0 Å². The Hall–Kier alpha value is -1.34. The normalized spacial score (nSPS) is 8.69. The monoisotopic (exact) mass is 175 g/mol. The van der Waals surface area contributed by atoms with E-state index in [-0.39, 0.29) is 13.6 Å². The van der Waals surface area contributed by atoms with Crippen LogP contribution in [0.3, 0.4) is 0 Å². The molecule has 2 aromatic rings. The quantitative estimate of drug-likeness (QED) is 0.646. The molecule has 0 aliphatic carbocycles. The second-order valence-electron chi connectivity index (χ2n) is 2.80. The first-order valence-electron chi connectivity index (χ1n) is 3.82. The van der Waals surface area contributed by atoms with Crippen LogP contribution in [0.5, 0.6) is 0 Å². The average Bonchev–Trinajstić information content (AvgIpc) is 2.06. The van der Waals surface area contributed by atoms with E-state index < -0.39 is 0 Å². The first-order valence-corrected chi connectivity index (χ1v) is 3.82. The van der Waals surface area contributed by atoms with Crippen molar-refractivity contribution in [3.8, 4) is 0 Å². The predicted octanol–water partition coefficient (Wildman–Crippen LogP) is 3.95. The van der Waals surface area contributed by atoms with E-state index in [2.05, 4.69) is 49.4 Å². The summed E-state index contributed by atoms with van der Waals surface area (Å²) in [5, 5.41) is 2.68. The Morgan fingerprint density at radius 3 is 2.15 bits per heavy atom. The second kappa shape index (κ2) is 4.63. The van der Waals surface area contributed by atoms with E-state index in [1.54, 1.807) is 0 Å². The Balaban J connectivity index is 0.000000720. The van der Waals surface area contributed by atoms with Gasteiger partial charge in [-0.25, -0.2) is 0 Å². The van der Waals surface area contributed by atoms with Crippen molar-refractivity contribution in [2.45, 2.75) is 14.4 Å². The van der Waals surface area contributed by atoms with Gasteiger partial charge in [0.15, 0.2) is 0 Å². The summed E-state index contributed by atoms with van der Waals surface area (Å²) < 4.78 is 0. The molecule has 0 atom stereocenters. The van der Waals surface area contributed by atoms with Gasteiger partial charge in [-0.1, -0.05) is 49.9 Å². The minimum Gasteiger partial charge on any atom is -0.344 e. The van der Waals surface area contributed by atoms with E-state index in [0.29, 0.717) is 0 Å². The van der Waals surface area contributed by atoms with Crippen LogP contribution in [0.25, 0.3) is 10.8 Å². The van der Waals surface area contributed by atoms with Crippen LogP contribution in [0.15, 0.2) is 42.5 Å². The molecule has 0 spiro atoms. The first-order chi connectivity index (χ1) is 5.38. The second-order valence-corrected chi connectivity index (χ2v) is 2.80. The van der Waals surface area contributed by atoms with E-state index in [9.17, 15) is 0 Å². The van der Waals surface area contributed by atoms with Crippen molar-refractivity contribution in [1.29, 1.82) is 0 Å². The maximum Gasteiger partial charge on any atom is -0.0155 e. The highest BCUT2D eigenvalue weighted by molar-refractivity contribution is 5.85. The van der Waals surface area contributed by atoms with Crippen molar-refractivity contribution in [2.75, 3.05) is 0 Å². The Bertz CT molecular complexity index is 374. The number of fused-ring (bicyclic) bond motifs is 1. The third-order valence-corrected chi connectivity index (χ3v) is 2.01. The average molecular weight is 175 g/mol. The van der Waals surface area contributed by atoms with Gasteiger partial charge in [-0.05, 0) is 23.3 Å². The lowest BCUT2D eigenvalue weighted by Gasteiger charge is -1.98. The van der Waals surface area contributed by atoms with E-state index in [1.165, 1.54) is 16.3 Å². The molecule has 0 saturated carbocycles. The zero-order valence-corrected chi connectivity index (χ0v) is 7.25. The van der Waals surface area contributed by atoms with Crippen molar-refractivity contribution in [2.24, 2.45) is 0 Å². The van der Waals surface area contributed by atoms with Gasteiger partial charge in [0.25, 0.3) is 0 Å². The molecule has 1 nitrogen and oxygen atoms in total. The molecule has 0 radical (unpaired) electrons. The standard InChI is InChI=1S/C11H10.CH4.H3N/c1-9-5-4-7-10-6-2-3-8-11(9)10;;/h2-8H,1H3;1H4;1H3. The van der Waals surface area contributed by atoms with Crippen LogP contribution in [0.2, 0.25) is 0 Å². The van der Waals surface area contributed by atoms with Crippen LogP contribution in [0.4, 0.5) is 0 Å². The van der Waals surface area contributed by atoms with Gasteiger partial charge in [0.1, 0.15) is 0 Å². The van der Waals surface area contributed by atoms with Gasteiger partial charge in [0, 0.05) is 0 Å². The smallest absolute Gasteiger partial charge is 0.0155 e. The molecule has 0 heterocycles. The summed E-state index contributed by atoms with van der Waals surface area (Å²) in [6, 6.07) is 14.8. The molecule has 0 aliphatic rings. The third-order valence-electron chi connectivity index (χ3n) is 2.01. The lowest BCUT2D eigenvalue weighted by molar-refractivity contribution is 1.53. The summed E-state index contributed by atoms with van der Waals surface area (Å²) in [5.41, 5.74) is 1.35. The van der Waals surface area contributed by atoms with Crippen molar-refractivity contribution < 1.29 is 0 Å². The molecular weight excluding hydrogens is 158 g/mol. The molecule has 3 N–H and O–H groups in total. The van der Waals surface area contributed by atoms with E-state index >= 15 is 0 Å². The molecule has 2 aromatic carbocycles. The Labute approximate surface area is 80.0 Å². The van der Waals surface area contributed by atoms with E-state index in [0.717, 1.165) is 0 Å². The van der Waals surface area contributed by atoms with Gasteiger partial charge in [0.2, 0.25) is 0 Å². The molecule has 0 aromatic heterocycles. The maximum atomic E-state index is 2.16. The van der Waals surface area contributed by atoms with E-state index in [1.807, 2.05) is 0 Å². The summed E-state index contributed by atoms with van der Waals surface area (Å²) in [7, 11) is 0. The first kappa shape index (κ1) is 11.7. The molecule has 1 heteroatoms. The highest BCUT2D eigenvalue weighted by Gasteiger charge is 1.91. The number of hydrogen-bond acceptors (Lipinski definition) is 1. The summed E-state index contributed by atoms with van der Waals surface area (Å²) >= 11 is 0. The molecule has 0 fully saturated rings. The highest BCUT2D eigenvalue weighted by atomic mass is 14.0. The van der Waals surface area contributed by atoms with Gasteiger partial charge < -0.3 is 6.15 Å². The van der Waals surface area contributed by atoms with Gasteiger partial charge >= 0.3 is 0 Å². The molecule has 70 valence electrons. The van der Waals surface area contributed by atoms with Gasteiger partial charge in [-0.2, -0.15) is 0 Å². The van der Waals surface area contributed by atoms with Crippen LogP contribution in [-0.4, -0.2) is 0 Å². The summed E-state index contributed by atoms with van der Waals surface area (Å²) in [4.78, 5) is 0. The SMILES string of the molecule is C.Cc1cccc2ccccc12.N. The number of benzene rings is 2. The van der Waals surface area contributed by atoms with Crippen LogP contribution in [0, 0.1) is 6.92 Å². The summed E-state index contributed by atoms with van der Waals surface area (Å²) in [5.74, 6) is 0. The number of hydrogen-bond donors (Lipinski definition) is 1. The lowest BCUT2D eigenvalue weighted by Crippen LogP contribution is -1.75. The molecule has 0 aliphatic heterocycles. The van der Waals surface area contributed by atoms with Crippen LogP contribution >= 0.6 is 0 Å². The van der Waals surface area contributed by atoms with Gasteiger partial charge in [0.05, 0.1) is 0 Å². The van der Waals surface area contributed by atoms with Crippen molar-refractivity contribution in [1.82, 2.24) is 6.15 Å². The molecular formula is C12H17N. The Kier molecular flexibility index (Phi) is 4.15. The zero-order valence-electron chi connectivity index (χ0n) is 7.25. The lowest BCUT2D eigenvalue weighted by atomic mass is 10.1. The van der Waals surface area contributed by atoms with Crippen molar-refractivity contribution >= 4 is 10.8 Å². The van der Waals surface area contributed by atoms with Crippen LogP contribution in [0.1, 0.15) is 13.0 Å². The van der Waals surface area contributed by atoms with Crippen molar-refractivity contribution in [3.63, 3.8) is 0 Å². The van der Waals surface area contributed by atoms with Crippen LogP contribution < -0.4 is 6.15 Å². The third kappa shape index (κ3) is 2.07. The molecule has 0 saturated heterocycles. The minimum atomic E-state index is 0. The Morgan fingerprint density at radius 2 is 1.46 bits per heavy atom. The fourth-order valence-corrected chi connectivity index (χ4v) is 1.39. The fraction of sp³-hybridized carbons (Fsp3) is 0.167. The number of rotatable bonds is 0. The summed E-state index contributed by atoms with van der Waals surface area (Å²) in [6.45, 7) is 2.14. The zero-order chi connectivity index (χ0) is 7.68. The molecule has 0 unspecified atom stereocenters. The van der Waals surface area contributed by atoms with Crippen molar-refractivity contribution in [3.05, 3.63) is 48.0 Å². The highest BCUT2D eigenvalue weighted by Crippen LogP contribution is 2.16. The largest absolute Gasteiger partial charge is 0.344 e. The maximum absolute atomic E-state index is 2.16. The molecule has 0 bridgehead atoms. The topological polar surface area (TPSA) is 35.0 Å². The molecule has 2 rings (SSSR count). The summed E-state index contributed by atoms with van der Waals surface area (Å²) in [6.07, 6.45) is 0. The fourth-order valence-electron chi connectivity index (χ4n) is 1.39. The van der Waals surface area contributed by atoms with Crippen LogP contribution in [-0.2, 0) is 0 Å². The predicted molar refractivity (Wildman–Crippen MR) is 60.4 cm³/mol. The number of aryl methyl sites for hydroxylation is 1. The van der Waals surface area contributed by atoms with Gasteiger partial charge in [-0.15, -0.1) is 0 Å². The minimum absolute atomic E-state index is 0. The molecule has 13 heavy (non-hydrogen) atoms. The van der Waals surface area contributed by atoms with E-state index in [4.69, 9.17) is 0 Å². The molecule has 0 amide bonds.